The van der Waals surface area contributed by atoms with Gasteiger partial charge in [0.1, 0.15) is 0 Å². The standard InChI is InChI=1S/C12H13BrClN3/c1-17-8-12(15-16-17)6-10(7-13)9-2-4-11(14)5-3-9/h2-5,8,10H,6-7H2,1H3. The van der Waals surface area contributed by atoms with E-state index >= 15 is 0 Å². The van der Waals surface area contributed by atoms with Crippen LogP contribution in [0.2, 0.25) is 5.02 Å². The summed E-state index contributed by atoms with van der Waals surface area (Å²) in [6, 6.07) is 7.96. The fraction of sp³-hybridized carbons (Fsp3) is 0.333. The van der Waals surface area contributed by atoms with Gasteiger partial charge in [0.25, 0.3) is 0 Å². The molecule has 0 bridgehead atoms. The van der Waals surface area contributed by atoms with Crippen LogP contribution >= 0.6 is 27.5 Å². The SMILES string of the molecule is Cn1cc(CC(CBr)c2ccc(Cl)cc2)nn1. The summed E-state index contributed by atoms with van der Waals surface area (Å²) in [6.45, 7) is 0. The average molecular weight is 315 g/mol. The molecule has 1 unspecified atom stereocenters. The Kier molecular flexibility index (Phi) is 4.18. The van der Waals surface area contributed by atoms with Crippen molar-refractivity contribution in [3.63, 3.8) is 0 Å². The molecule has 1 aromatic carbocycles. The third kappa shape index (κ3) is 3.30. The van der Waals surface area contributed by atoms with E-state index in [9.17, 15) is 0 Å². The summed E-state index contributed by atoms with van der Waals surface area (Å²) >= 11 is 9.43. The summed E-state index contributed by atoms with van der Waals surface area (Å²) in [5, 5.41) is 9.71. The van der Waals surface area contributed by atoms with Crippen molar-refractivity contribution >= 4 is 27.5 Å². The second kappa shape index (κ2) is 5.65. The first kappa shape index (κ1) is 12.6. The molecule has 0 saturated carbocycles. The smallest absolute Gasteiger partial charge is 0.0833 e. The van der Waals surface area contributed by atoms with Crippen LogP contribution in [0.4, 0.5) is 0 Å². The summed E-state index contributed by atoms with van der Waals surface area (Å²) in [4.78, 5) is 0. The van der Waals surface area contributed by atoms with E-state index in [0.717, 1.165) is 22.5 Å². The lowest BCUT2D eigenvalue weighted by Crippen LogP contribution is -2.04. The van der Waals surface area contributed by atoms with Gasteiger partial charge in [0, 0.05) is 30.0 Å². The van der Waals surface area contributed by atoms with Gasteiger partial charge in [-0.2, -0.15) is 0 Å². The first-order chi connectivity index (χ1) is 8.19. The lowest BCUT2D eigenvalue weighted by Gasteiger charge is -2.12. The number of halogens is 2. The van der Waals surface area contributed by atoms with Crippen LogP contribution in [0.15, 0.2) is 30.5 Å². The van der Waals surface area contributed by atoms with Crippen molar-refractivity contribution in [1.82, 2.24) is 15.0 Å². The van der Waals surface area contributed by atoms with E-state index in [1.807, 2.05) is 25.4 Å². The molecular formula is C12H13BrClN3. The maximum Gasteiger partial charge on any atom is 0.0833 e. The second-order valence-electron chi connectivity index (χ2n) is 3.99. The second-order valence-corrected chi connectivity index (χ2v) is 5.07. The van der Waals surface area contributed by atoms with E-state index in [4.69, 9.17) is 11.6 Å². The Balaban J connectivity index is 2.13. The highest BCUT2D eigenvalue weighted by atomic mass is 79.9. The molecule has 0 fully saturated rings. The van der Waals surface area contributed by atoms with Gasteiger partial charge in [0.2, 0.25) is 0 Å². The normalized spacial score (nSPS) is 12.6. The van der Waals surface area contributed by atoms with E-state index in [1.54, 1.807) is 4.68 Å². The predicted octanol–water partition coefficient (Wildman–Crippen LogP) is 3.19. The molecule has 90 valence electrons. The summed E-state index contributed by atoms with van der Waals surface area (Å²) in [5.74, 6) is 0.393. The Morgan fingerprint density at radius 2 is 2.06 bits per heavy atom. The molecule has 5 heteroatoms. The molecule has 1 atom stereocenters. The Hall–Kier alpha value is -0.870. The number of benzene rings is 1. The molecular weight excluding hydrogens is 302 g/mol. The van der Waals surface area contributed by atoms with Crippen LogP contribution in [0, 0.1) is 0 Å². The van der Waals surface area contributed by atoms with Gasteiger partial charge in [0.05, 0.1) is 5.69 Å². The first-order valence-electron chi connectivity index (χ1n) is 5.35. The van der Waals surface area contributed by atoms with Crippen molar-refractivity contribution in [3.05, 3.63) is 46.7 Å². The topological polar surface area (TPSA) is 30.7 Å². The van der Waals surface area contributed by atoms with Crippen molar-refractivity contribution in [2.75, 3.05) is 5.33 Å². The number of aryl methyl sites for hydroxylation is 1. The van der Waals surface area contributed by atoms with Crippen LogP contribution in [0.5, 0.6) is 0 Å². The molecule has 2 aromatic rings. The molecule has 1 aromatic heterocycles. The van der Waals surface area contributed by atoms with Crippen LogP contribution in [-0.2, 0) is 13.5 Å². The minimum absolute atomic E-state index is 0.393. The Morgan fingerprint density at radius 3 is 2.59 bits per heavy atom. The highest BCUT2D eigenvalue weighted by Crippen LogP contribution is 2.23. The number of aromatic nitrogens is 3. The van der Waals surface area contributed by atoms with Gasteiger partial charge in [-0.05, 0) is 23.6 Å². The lowest BCUT2D eigenvalue weighted by molar-refractivity contribution is 0.708. The van der Waals surface area contributed by atoms with Gasteiger partial charge < -0.3 is 0 Å². The minimum atomic E-state index is 0.393. The van der Waals surface area contributed by atoms with Crippen molar-refractivity contribution in [2.24, 2.45) is 7.05 Å². The molecule has 0 amide bonds. The summed E-state index contributed by atoms with van der Waals surface area (Å²) in [7, 11) is 1.88. The van der Waals surface area contributed by atoms with Crippen LogP contribution < -0.4 is 0 Å². The zero-order valence-electron chi connectivity index (χ0n) is 9.48. The zero-order chi connectivity index (χ0) is 12.3. The molecule has 3 nitrogen and oxygen atoms in total. The van der Waals surface area contributed by atoms with Crippen LogP contribution in [0.25, 0.3) is 0 Å². The molecule has 0 N–H and O–H groups in total. The summed E-state index contributed by atoms with van der Waals surface area (Å²) < 4.78 is 1.72. The van der Waals surface area contributed by atoms with Crippen molar-refractivity contribution in [3.8, 4) is 0 Å². The number of alkyl halides is 1. The van der Waals surface area contributed by atoms with Gasteiger partial charge in [-0.1, -0.05) is 44.9 Å². The first-order valence-corrected chi connectivity index (χ1v) is 6.85. The van der Waals surface area contributed by atoms with Gasteiger partial charge in [-0.3, -0.25) is 4.68 Å². The minimum Gasteiger partial charge on any atom is -0.255 e. The van der Waals surface area contributed by atoms with E-state index in [2.05, 4.69) is 38.4 Å². The third-order valence-electron chi connectivity index (χ3n) is 2.63. The monoisotopic (exact) mass is 313 g/mol. The van der Waals surface area contributed by atoms with Gasteiger partial charge in [0.15, 0.2) is 0 Å². The summed E-state index contributed by atoms with van der Waals surface area (Å²) in [6.07, 6.45) is 2.83. The highest BCUT2D eigenvalue weighted by molar-refractivity contribution is 9.09. The van der Waals surface area contributed by atoms with Crippen LogP contribution in [0.1, 0.15) is 17.2 Å². The maximum atomic E-state index is 5.89. The molecule has 0 saturated heterocycles. The fourth-order valence-corrected chi connectivity index (χ4v) is 2.47. The number of hydrogen-bond acceptors (Lipinski definition) is 2. The Labute approximate surface area is 114 Å². The van der Waals surface area contributed by atoms with Gasteiger partial charge in [-0.15, -0.1) is 5.10 Å². The number of rotatable bonds is 4. The number of hydrogen-bond donors (Lipinski definition) is 0. The largest absolute Gasteiger partial charge is 0.255 e. The van der Waals surface area contributed by atoms with E-state index in [1.165, 1.54) is 5.56 Å². The number of nitrogens with zero attached hydrogens (tertiary/aromatic N) is 3. The van der Waals surface area contributed by atoms with Crippen molar-refractivity contribution in [2.45, 2.75) is 12.3 Å². The molecule has 0 radical (unpaired) electrons. The lowest BCUT2D eigenvalue weighted by atomic mass is 9.96. The molecule has 2 rings (SSSR count). The Bertz CT molecular complexity index is 481. The van der Waals surface area contributed by atoms with Gasteiger partial charge in [-0.25, -0.2) is 0 Å². The maximum absolute atomic E-state index is 5.89. The molecule has 0 spiro atoms. The quantitative estimate of drug-likeness (QED) is 0.812. The van der Waals surface area contributed by atoms with Crippen LogP contribution in [0.3, 0.4) is 0 Å². The molecule has 17 heavy (non-hydrogen) atoms. The molecule has 0 aliphatic carbocycles. The molecule has 0 aliphatic heterocycles. The molecule has 0 aliphatic rings. The van der Waals surface area contributed by atoms with E-state index < -0.39 is 0 Å². The summed E-state index contributed by atoms with van der Waals surface area (Å²) in [5.41, 5.74) is 2.27. The van der Waals surface area contributed by atoms with Crippen molar-refractivity contribution < 1.29 is 0 Å². The molecule has 1 heterocycles. The average Bonchev–Trinajstić information content (AvgIpc) is 2.73. The van der Waals surface area contributed by atoms with E-state index in [0.29, 0.717) is 5.92 Å². The highest BCUT2D eigenvalue weighted by Gasteiger charge is 2.13. The predicted molar refractivity (Wildman–Crippen MR) is 72.7 cm³/mol. The van der Waals surface area contributed by atoms with E-state index in [-0.39, 0.29) is 0 Å². The Morgan fingerprint density at radius 1 is 1.35 bits per heavy atom. The fourth-order valence-electron chi connectivity index (χ4n) is 1.74. The van der Waals surface area contributed by atoms with Crippen molar-refractivity contribution in [1.29, 1.82) is 0 Å². The van der Waals surface area contributed by atoms with Gasteiger partial charge >= 0.3 is 0 Å². The third-order valence-corrected chi connectivity index (χ3v) is 3.67. The van der Waals surface area contributed by atoms with Crippen LogP contribution in [-0.4, -0.2) is 20.3 Å². The zero-order valence-corrected chi connectivity index (χ0v) is 11.8.